The molecule has 5 nitrogen and oxygen atoms in total. The molecule has 0 spiro atoms. The van der Waals surface area contributed by atoms with Crippen LogP contribution in [-0.4, -0.2) is 49.2 Å². The number of hydrogen-bond donors (Lipinski definition) is 0. The third-order valence-corrected chi connectivity index (χ3v) is 7.66. The maximum atomic E-state index is 12.1. The third kappa shape index (κ3) is 10.7. The molecule has 3 aliphatic rings. The summed E-state index contributed by atoms with van der Waals surface area (Å²) in [5, 5.41) is 0. The fourth-order valence-electron chi connectivity index (χ4n) is 5.27. The van der Waals surface area contributed by atoms with Gasteiger partial charge < -0.3 is 18.9 Å². The van der Waals surface area contributed by atoms with Gasteiger partial charge in [0.05, 0.1) is 43.2 Å². The quantitative estimate of drug-likeness (QED) is 0.106. The van der Waals surface area contributed by atoms with Crippen molar-refractivity contribution in [2.24, 2.45) is 5.92 Å². The molecule has 33 heavy (non-hydrogen) atoms. The molecule has 0 aromatic heterocycles. The van der Waals surface area contributed by atoms with Crippen LogP contribution in [0.4, 0.5) is 0 Å². The Kier molecular flexibility index (Phi) is 12.0. The van der Waals surface area contributed by atoms with E-state index in [1.165, 1.54) is 64.2 Å². The van der Waals surface area contributed by atoms with E-state index in [4.69, 9.17) is 18.9 Å². The molecule has 3 fully saturated rings. The fourth-order valence-corrected chi connectivity index (χ4v) is 5.27. The van der Waals surface area contributed by atoms with Crippen LogP contribution in [0.1, 0.15) is 124 Å². The summed E-state index contributed by atoms with van der Waals surface area (Å²) in [4.78, 5) is 12.1. The van der Waals surface area contributed by atoms with Crippen molar-refractivity contribution >= 4 is 5.97 Å². The highest BCUT2D eigenvalue weighted by molar-refractivity contribution is 5.69. The zero-order valence-electron chi connectivity index (χ0n) is 21.6. The lowest BCUT2D eigenvalue weighted by molar-refractivity contribution is -0.145. The van der Waals surface area contributed by atoms with Crippen LogP contribution in [0.5, 0.6) is 0 Å². The fraction of sp³-hybridized carbons (Fsp3) is 0.964. The van der Waals surface area contributed by atoms with Crippen molar-refractivity contribution in [2.45, 2.75) is 160 Å². The average Bonchev–Trinajstić information content (AvgIpc) is 3.72. The Morgan fingerprint density at radius 1 is 0.697 bits per heavy atom. The third-order valence-electron chi connectivity index (χ3n) is 7.66. The molecule has 3 heterocycles. The molecule has 0 radical (unpaired) electrons. The average molecular weight is 467 g/mol. The minimum Gasteiger partial charge on any atom is -0.465 e. The molecule has 3 aliphatic heterocycles. The zero-order valence-corrected chi connectivity index (χ0v) is 21.6. The zero-order chi connectivity index (χ0) is 23.5. The molecule has 0 saturated carbocycles. The van der Waals surface area contributed by atoms with Gasteiger partial charge in [0.25, 0.3) is 0 Å². The van der Waals surface area contributed by atoms with E-state index >= 15 is 0 Å². The smallest absolute Gasteiger partial charge is 0.305 e. The van der Waals surface area contributed by atoms with E-state index in [0.29, 0.717) is 55.6 Å². The van der Waals surface area contributed by atoms with E-state index in [1.54, 1.807) is 0 Å². The molecule has 0 aromatic rings. The minimum absolute atomic E-state index is 0.000112. The van der Waals surface area contributed by atoms with Gasteiger partial charge in [-0.3, -0.25) is 4.79 Å². The van der Waals surface area contributed by atoms with Crippen LogP contribution in [0.3, 0.4) is 0 Å². The Labute approximate surface area is 202 Å². The highest BCUT2D eigenvalue weighted by atomic mass is 16.6. The lowest BCUT2D eigenvalue weighted by Gasteiger charge is -2.16. The molecule has 192 valence electrons. The van der Waals surface area contributed by atoms with Gasteiger partial charge in [0.1, 0.15) is 0 Å². The predicted molar refractivity (Wildman–Crippen MR) is 131 cm³/mol. The van der Waals surface area contributed by atoms with Gasteiger partial charge in [-0.2, -0.15) is 0 Å². The summed E-state index contributed by atoms with van der Waals surface area (Å²) in [5.41, 5.74) is 0. The second kappa shape index (κ2) is 14.7. The van der Waals surface area contributed by atoms with E-state index in [2.05, 4.69) is 20.8 Å². The van der Waals surface area contributed by atoms with Crippen LogP contribution < -0.4 is 0 Å². The molecule has 3 saturated heterocycles. The van der Waals surface area contributed by atoms with E-state index in [1.807, 2.05) is 0 Å². The number of rotatable bonds is 21. The molecule has 0 aromatic carbocycles. The van der Waals surface area contributed by atoms with E-state index in [-0.39, 0.29) is 5.97 Å². The lowest BCUT2D eigenvalue weighted by Crippen LogP contribution is -2.14. The molecule has 0 amide bonds. The van der Waals surface area contributed by atoms with Crippen LogP contribution in [0, 0.1) is 5.92 Å². The summed E-state index contributed by atoms with van der Waals surface area (Å²) in [6.45, 7) is 7.26. The summed E-state index contributed by atoms with van der Waals surface area (Å²) in [6, 6.07) is 0. The monoisotopic (exact) mass is 466 g/mol. The van der Waals surface area contributed by atoms with Crippen LogP contribution in [0.2, 0.25) is 0 Å². The number of ether oxygens (including phenoxy) is 4. The van der Waals surface area contributed by atoms with Gasteiger partial charge in [0.15, 0.2) is 0 Å². The van der Waals surface area contributed by atoms with Crippen molar-refractivity contribution in [1.82, 2.24) is 0 Å². The van der Waals surface area contributed by atoms with Gasteiger partial charge in [-0.1, -0.05) is 72.1 Å². The molecule has 3 rings (SSSR count). The van der Waals surface area contributed by atoms with E-state index in [9.17, 15) is 4.79 Å². The Morgan fingerprint density at radius 2 is 1.33 bits per heavy atom. The summed E-state index contributed by atoms with van der Waals surface area (Å²) in [5.74, 6) is 0.553. The summed E-state index contributed by atoms with van der Waals surface area (Å²) < 4.78 is 22.9. The first kappa shape index (κ1) is 26.9. The number of carbonyl (C=O) groups excluding carboxylic acids is 1. The van der Waals surface area contributed by atoms with Crippen molar-refractivity contribution in [3.8, 4) is 0 Å². The number of hydrogen-bond acceptors (Lipinski definition) is 5. The summed E-state index contributed by atoms with van der Waals surface area (Å²) in [6.07, 6.45) is 20.8. The first-order valence-electron chi connectivity index (χ1n) is 14.3. The first-order valence-corrected chi connectivity index (χ1v) is 14.3. The van der Waals surface area contributed by atoms with Gasteiger partial charge in [-0.05, 0) is 38.0 Å². The Hall–Kier alpha value is -0.650. The second-order valence-corrected chi connectivity index (χ2v) is 10.7. The van der Waals surface area contributed by atoms with Crippen molar-refractivity contribution in [3.63, 3.8) is 0 Å². The molecule has 0 bridgehead atoms. The number of epoxide rings is 3. The Morgan fingerprint density at radius 3 is 2.03 bits per heavy atom. The first-order chi connectivity index (χ1) is 16.1. The maximum Gasteiger partial charge on any atom is 0.305 e. The van der Waals surface area contributed by atoms with Crippen LogP contribution >= 0.6 is 0 Å². The molecule has 0 N–H and O–H groups in total. The van der Waals surface area contributed by atoms with Crippen molar-refractivity contribution in [1.29, 1.82) is 0 Å². The van der Waals surface area contributed by atoms with Crippen molar-refractivity contribution in [3.05, 3.63) is 0 Å². The highest BCUT2D eigenvalue weighted by Crippen LogP contribution is 2.42. The van der Waals surface area contributed by atoms with E-state index in [0.717, 1.165) is 32.1 Å². The molecule has 7 unspecified atom stereocenters. The minimum atomic E-state index is -0.000112. The number of carbonyl (C=O) groups is 1. The van der Waals surface area contributed by atoms with Gasteiger partial charge in [-0.15, -0.1) is 0 Å². The highest BCUT2D eigenvalue weighted by Gasteiger charge is 2.51. The van der Waals surface area contributed by atoms with Gasteiger partial charge in [0, 0.05) is 19.3 Å². The number of unbranched alkanes of at least 4 members (excludes halogenated alkanes) is 6. The molecular formula is C28H50O5. The summed E-state index contributed by atoms with van der Waals surface area (Å²) >= 11 is 0. The molecule has 0 aliphatic carbocycles. The topological polar surface area (TPSA) is 63.9 Å². The number of esters is 1. The van der Waals surface area contributed by atoms with E-state index < -0.39 is 0 Å². The normalized spacial score (nSPS) is 30.8. The van der Waals surface area contributed by atoms with Gasteiger partial charge >= 0.3 is 5.97 Å². The molecule has 7 atom stereocenters. The maximum absolute atomic E-state index is 12.1. The van der Waals surface area contributed by atoms with Crippen LogP contribution in [0.25, 0.3) is 0 Å². The van der Waals surface area contributed by atoms with Crippen molar-refractivity contribution < 1.29 is 23.7 Å². The standard InChI is InChI=1S/C28H50O5/c1-4-7-11-15-21(14-5-2)20-30-28(29)17-13-10-8-9-12-16-23-25(32-23)19-27-26(33-27)18-24-22(6-3)31-24/h21-27H,4-20H2,1-3H3. The lowest BCUT2D eigenvalue weighted by atomic mass is 9.97. The van der Waals surface area contributed by atoms with Gasteiger partial charge in [-0.25, -0.2) is 0 Å². The Balaban J connectivity index is 1.09. The largest absolute Gasteiger partial charge is 0.465 e. The predicted octanol–water partition coefficient (Wildman–Crippen LogP) is 6.75. The van der Waals surface area contributed by atoms with Crippen LogP contribution in [0.15, 0.2) is 0 Å². The van der Waals surface area contributed by atoms with Crippen LogP contribution in [-0.2, 0) is 23.7 Å². The summed E-state index contributed by atoms with van der Waals surface area (Å²) in [7, 11) is 0. The second-order valence-electron chi connectivity index (χ2n) is 10.7. The Bertz CT molecular complexity index is 552. The van der Waals surface area contributed by atoms with Gasteiger partial charge in [0.2, 0.25) is 0 Å². The molecule has 5 heteroatoms. The molecular weight excluding hydrogens is 416 g/mol. The van der Waals surface area contributed by atoms with Crippen molar-refractivity contribution in [2.75, 3.05) is 6.61 Å². The SMILES string of the molecule is CCCCCC(CCC)COC(=O)CCCCCCCC1OC1CC1OC1CC1OC1CC.